The van der Waals surface area contributed by atoms with Gasteiger partial charge in [0.25, 0.3) is 0 Å². The van der Waals surface area contributed by atoms with Crippen molar-refractivity contribution in [3.05, 3.63) is 29.8 Å². The van der Waals surface area contributed by atoms with Crippen molar-refractivity contribution in [2.24, 2.45) is 11.8 Å². The zero-order chi connectivity index (χ0) is 15.6. The van der Waals surface area contributed by atoms with Gasteiger partial charge in [-0.15, -0.1) is 0 Å². The first kappa shape index (κ1) is 15.9. The standard InChI is InChI=1S/C16H22F2N2O/c1-10-6-11(2)9-20(8-10)12(3)16(21)19-13-4-5-14(17)15(18)7-13/h4-5,7,10-12H,6,8-9H2,1-3H3,(H,19,21)/t10-,11+,12-/m0/s1. The van der Waals surface area contributed by atoms with Gasteiger partial charge in [0.05, 0.1) is 6.04 Å². The highest BCUT2D eigenvalue weighted by Gasteiger charge is 2.28. The van der Waals surface area contributed by atoms with E-state index in [9.17, 15) is 13.6 Å². The molecule has 3 nitrogen and oxygen atoms in total. The van der Waals surface area contributed by atoms with Crippen LogP contribution in [-0.4, -0.2) is 29.9 Å². The van der Waals surface area contributed by atoms with Crippen molar-refractivity contribution in [3.63, 3.8) is 0 Å². The molecule has 1 fully saturated rings. The lowest BCUT2D eigenvalue weighted by Gasteiger charge is -2.38. The minimum atomic E-state index is -0.958. The van der Waals surface area contributed by atoms with Gasteiger partial charge < -0.3 is 5.32 Å². The first-order valence-corrected chi connectivity index (χ1v) is 7.36. The normalized spacial score (nSPS) is 24.6. The Morgan fingerprint density at radius 1 is 1.24 bits per heavy atom. The molecule has 1 amide bonds. The number of hydrogen-bond acceptors (Lipinski definition) is 2. The smallest absolute Gasteiger partial charge is 0.241 e. The summed E-state index contributed by atoms with van der Waals surface area (Å²) in [6.45, 7) is 7.98. The maximum Gasteiger partial charge on any atom is 0.241 e. The van der Waals surface area contributed by atoms with Crippen molar-refractivity contribution < 1.29 is 13.6 Å². The van der Waals surface area contributed by atoms with Gasteiger partial charge in [0.15, 0.2) is 11.6 Å². The van der Waals surface area contributed by atoms with Gasteiger partial charge in [-0.3, -0.25) is 9.69 Å². The van der Waals surface area contributed by atoms with E-state index in [4.69, 9.17) is 0 Å². The highest BCUT2D eigenvalue weighted by molar-refractivity contribution is 5.94. The molecule has 21 heavy (non-hydrogen) atoms. The van der Waals surface area contributed by atoms with Crippen LogP contribution in [0.3, 0.4) is 0 Å². The fourth-order valence-electron chi connectivity index (χ4n) is 3.01. The molecule has 2 rings (SSSR count). The van der Waals surface area contributed by atoms with E-state index in [0.29, 0.717) is 11.8 Å². The molecule has 1 N–H and O–H groups in total. The summed E-state index contributed by atoms with van der Waals surface area (Å²) in [5.41, 5.74) is 0.281. The number of anilines is 1. The van der Waals surface area contributed by atoms with Crippen LogP contribution in [0.2, 0.25) is 0 Å². The number of rotatable bonds is 3. The van der Waals surface area contributed by atoms with E-state index in [1.165, 1.54) is 12.5 Å². The van der Waals surface area contributed by atoms with Crippen molar-refractivity contribution in [1.82, 2.24) is 4.90 Å². The van der Waals surface area contributed by atoms with Crippen molar-refractivity contribution >= 4 is 11.6 Å². The molecule has 1 aromatic carbocycles. The minimum absolute atomic E-state index is 0.192. The Hall–Kier alpha value is -1.49. The molecular formula is C16H22F2N2O. The Labute approximate surface area is 124 Å². The van der Waals surface area contributed by atoms with Gasteiger partial charge >= 0.3 is 0 Å². The molecule has 1 saturated heterocycles. The second-order valence-corrected chi connectivity index (χ2v) is 6.19. The predicted molar refractivity (Wildman–Crippen MR) is 79.0 cm³/mol. The van der Waals surface area contributed by atoms with Gasteiger partial charge in [0.1, 0.15) is 0 Å². The Morgan fingerprint density at radius 2 is 1.86 bits per heavy atom. The van der Waals surface area contributed by atoms with Crippen LogP contribution in [0.4, 0.5) is 14.5 Å². The summed E-state index contributed by atoms with van der Waals surface area (Å²) in [6.07, 6.45) is 1.17. The Balaban J connectivity index is 2.00. The van der Waals surface area contributed by atoms with Crippen LogP contribution in [-0.2, 0) is 4.79 Å². The molecular weight excluding hydrogens is 274 g/mol. The Kier molecular flexibility index (Phi) is 4.93. The third-order valence-corrected chi connectivity index (χ3v) is 4.01. The molecule has 0 radical (unpaired) electrons. The lowest BCUT2D eigenvalue weighted by Crippen LogP contribution is -2.48. The molecule has 116 valence electrons. The molecule has 1 aromatic rings. The molecule has 3 atom stereocenters. The van der Waals surface area contributed by atoms with Crippen molar-refractivity contribution in [1.29, 1.82) is 0 Å². The summed E-state index contributed by atoms with van der Waals surface area (Å²) < 4.78 is 26.0. The van der Waals surface area contributed by atoms with Crippen LogP contribution in [0.15, 0.2) is 18.2 Å². The zero-order valence-electron chi connectivity index (χ0n) is 12.7. The summed E-state index contributed by atoms with van der Waals surface area (Å²) in [6, 6.07) is 3.09. The number of amides is 1. The van der Waals surface area contributed by atoms with E-state index < -0.39 is 11.6 Å². The minimum Gasteiger partial charge on any atom is -0.325 e. The maximum absolute atomic E-state index is 13.2. The number of hydrogen-bond donors (Lipinski definition) is 1. The van der Waals surface area contributed by atoms with Gasteiger partial charge in [0.2, 0.25) is 5.91 Å². The fourth-order valence-corrected chi connectivity index (χ4v) is 3.01. The average Bonchev–Trinajstić information content (AvgIpc) is 2.41. The van der Waals surface area contributed by atoms with E-state index in [-0.39, 0.29) is 17.6 Å². The van der Waals surface area contributed by atoms with Crippen molar-refractivity contribution in [2.45, 2.75) is 33.2 Å². The SMILES string of the molecule is C[C@@H]1C[C@H](C)CN([C@@H](C)C(=O)Nc2ccc(F)c(F)c2)C1. The number of carbonyl (C=O) groups excluding carboxylic acids is 1. The number of carbonyl (C=O) groups is 1. The zero-order valence-corrected chi connectivity index (χ0v) is 12.7. The molecule has 5 heteroatoms. The fraction of sp³-hybridized carbons (Fsp3) is 0.562. The van der Waals surface area contributed by atoms with Gasteiger partial charge in [-0.1, -0.05) is 13.8 Å². The van der Waals surface area contributed by atoms with Crippen LogP contribution in [0.1, 0.15) is 27.2 Å². The number of nitrogens with zero attached hydrogens (tertiary/aromatic N) is 1. The second kappa shape index (κ2) is 6.52. The number of nitrogens with one attached hydrogen (secondary N) is 1. The average molecular weight is 296 g/mol. The van der Waals surface area contributed by atoms with Gasteiger partial charge in [0, 0.05) is 24.8 Å². The number of halogens is 2. The van der Waals surface area contributed by atoms with Gasteiger partial charge in [-0.25, -0.2) is 8.78 Å². The quantitative estimate of drug-likeness (QED) is 0.928. The van der Waals surface area contributed by atoms with E-state index in [2.05, 4.69) is 24.1 Å². The molecule has 1 aliphatic rings. The Bertz CT molecular complexity index is 511. The first-order valence-electron chi connectivity index (χ1n) is 7.36. The topological polar surface area (TPSA) is 32.3 Å². The molecule has 0 saturated carbocycles. The van der Waals surface area contributed by atoms with E-state index >= 15 is 0 Å². The summed E-state index contributed by atoms with van der Waals surface area (Å²) in [4.78, 5) is 14.4. The largest absolute Gasteiger partial charge is 0.325 e. The second-order valence-electron chi connectivity index (χ2n) is 6.19. The lowest BCUT2D eigenvalue weighted by molar-refractivity contribution is -0.121. The molecule has 0 spiro atoms. The molecule has 0 unspecified atom stereocenters. The number of likely N-dealkylation sites (tertiary alicyclic amines) is 1. The van der Waals surface area contributed by atoms with Gasteiger partial charge in [-0.05, 0) is 37.3 Å². The third kappa shape index (κ3) is 4.00. The van der Waals surface area contributed by atoms with Crippen LogP contribution in [0.25, 0.3) is 0 Å². The summed E-state index contributed by atoms with van der Waals surface area (Å²) in [5, 5.41) is 2.65. The highest BCUT2D eigenvalue weighted by Crippen LogP contribution is 2.23. The van der Waals surface area contributed by atoms with Crippen molar-refractivity contribution in [2.75, 3.05) is 18.4 Å². The molecule has 0 bridgehead atoms. The molecule has 1 heterocycles. The summed E-state index contributed by atoms with van der Waals surface area (Å²) in [5.74, 6) is -0.942. The molecule has 0 aliphatic carbocycles. The summed E-state index contributed by atoms with van der Waals surface area (Å²) in [7, 11) is 0. The van der Waals surface area contributed by atoms with E-state index in [0.717, 1.165) is 25.2 Å². The predicted octanol–water partition coefficient (Wildman–Crippen LogP) is 3.27. The highest BCUT2D eigenvalue weighted by atomic mass is 19.2. The van der Waals surface area contributed by atoms with Crippen LogP contribution < -0.4 is 5.32 Å². The van der Waals surface area contributed by atoms with E-state index in [1.807, 2.05) is 6.92 Å². The Morgan fingerprint density at radius 3 is 2.43 bits per heavy atom. The van der Waals surface area contributed by atoms with Crippen molar-refractivity contribution in [3.8, 4) is 0 Å². The van der Waals surface area contributed by atoms with Crippen LogP contribution in [0, 0.1) is 23.5 Å². The lowest BCUT2D eigenvalue weighted by atomic mass is 9.91. The molecule has 1 aliphatic heterocycles. The van der Waals surface area contributed by atoms with Crippen LogP contribution >= 0.6 is 0 Å². The number of piperidine rings is 1. The molecule has 0 aromatic heterocycles. The third-order valence-electron chi connectivity index (χ3n) is 4.01. The van der Waals surface area contributed by atoms with E-state index in [1.54, 1.807) is 0 Å². The maximum atomic E-state index is 13.2. The first-order chi connectivity index (χ1) is 9.86. The van der Waals surface area contributed by atoms with Gasteiger partial charge in [-0.2, -0.15) is 0 Å². The summed E-state index contributed by atoms with van der Waals surface area (Å²) >= 11 is 0. The van der Waals surface area contributed by atoms with Crippen LogP contribution in [0.5, 0.6) is 0 Å². The monoisotopic (exact) mass is 296 g/mol. The number of benzene rings is 1.